The van der Waals surface area contributed by atoms with Crippen LogP contribution >= 0.6 is 0 Å². The van der Waals surface area contributed by atoms with Crippen LogP contribution in [0.3, 0.4) is 0 Å². The SMILES string of the molecule is CCC1COCCN1S(=O)(=O)c1cccc(C#N)c1. The molecule has 19 heavy (non-hydrogen) atoms. The molecule has 0 bridgehead atoms. The van der Waals surface area contributed by atoms with E-state index < -0.39 is 10.0 Å². The lowest BCUT2D eigenvalue weighted by Crippen LogP contribution is -2.48. The number of hydrogen-bond donors (Lipinski definition) is 0. The summed E-state index contributed by atoms with van der Waals surface area (Å²) in [7, 11) is -3.55. The number of nitrogens with zero attached hydrogens (tertiary/aromatic N) is 2. The van der Waals surface area contributed by atoms with Crippen LogP contribution in [0, 0.1) is 11.3 Å². The zero-order valence-corrected chi connectivity index (χ0v) is 11.6. The summed E-state index contributed by atoms with van der Waals surface area (Å²) in [6.45, 7) is 3.13. The maximum Gasteiger partial charge on any atom is 0.243 e. The third-order valence-electron chi connectivity index (χ3n) is 3.21. The van der Waals surface area contributed by atoms with Crippen molar-refractivity contribution in [3.8, 4) is 6.07 Å². The number of sulfonamides is 1. The Labute approximate surface area is 113 Å². The van der Waals surface area contributed by atoms with Gasteiger partial charge in [-0.3, -0.25) is 0 Å². The van der Waals surface area contributed by atoms with E-state index in [4.69, 9.17) is 10.00 Å². The van der Waals surface area contributed by atoms with Crippen molar-refractivity contribution in [2.45, 2.75) is 24.3 Å². The van der Waals surface area contributed by atoms with Gasteiger partial charge in [0, 0.05) is 12.6 Å². The summed E-state index contributed by atoms with van der Waals surface area (Å²) in [5.74, 6) is 0. The minimum Gasteiger partial charge on any atom is -0.378 e. The van der Waals surface area contributed by atoms with Crippen LogP contribution in [0.25, 0.3) is 0 Å². The number of morpholine rings is 1. The molecule has 6 heteroatoms. The molecule has 0 aliphatic carbocycles. The third kappa shape index (κ3) is 2.78. The van der Waals surface area contributed by atoms with E-state index in [0.717, 1.165) is 0 Å². The van der Waals surface area contributed by atoms with Gasteiger partial charge in [-0.05, 0) is 24.6 Å². The monoisotopic (exact) mass is 280 g/mol. The molecule has 0 spiro atoms. The van der Waals surface area contributed by atoms with Crippen LogP contribution in [-0.2, 0) is 14.8 Å². The van der Waals surface area contributed by atoms with E-state index in [2.05, 4.69) is 0 Å². The van der Waals surface area contributed by atoms with Crippen molar-refractivity contribution in [3.05, 3.63) is 29.8 Å². The highest BCUT2D eigenvalue weighted by atomic mass is 32.2. The highest BCUT2D eigenvalue weighted by molar-refractivity contribution is 7.89. The molecule has 0 amide bonds. The molecule has 1 heterocycles. The van der Waals surface area contributed by atoms with Gasteiger partial charge in [-0.25, -0.2) is 8.42 Å². The number of benzene rings is 1. The number of rotatable bonds is 3. The molecule has 1 aliphatic rings. The standard InChI is InChI=1S/C13H16N2O3S/c1-2-12-10-18-7-6-15(12)19(16,17)13-5-3-4-11(8-13)9-14/h3-5,8,12H,2,6-7,10H2,1H3. The lowest BCUT2D eigenvalue weighted by molar-refractivity contribution is 0.0314. The van der Waals surface area contributed by atoms with Crippen molar-refractivity contribution in [1.82, 2.24) is 4.31 Å². The first-order valence-electron chi connectivity index (χ1n) is 6.19. The average molecular weight is 280 g/mol. The molecule has 1 unspecified atom stereocenters. The van der Waals surface area contributed by atoms with Crippen LogP contribution < -0.4 is 0 Å². The first-order chi connectivity index (χ1) is 9.09. The Hall–Kier alpha value is -1.42. The molecule has 1 saturated heterocycles. The Kier molecular flexibility index (Phi) is 4.20. The van der Waals surface area contributed by atoms with E-state index in [9.17, 15) is 8.42 Å². The van der Waals surface area contributed by atoms with Crippen molar-refractivity contribution in [2.24, 2.45) is 0 Å². The number of ether oxygens (including phenoxy) is 1. The predicted octanol–water partition coefficient (Wildman–Crippen LogP) is 1.36. The van der Waals surface area contributed by atoms with Gasteiger partial charge in [-0.15, -0.1) is 0 Å². The second-order valence-electron chi connectivity index (χ2n) is 4.39. The molecule has 1 aromatic carbocycles. The Morgan fingerprint density at radius 3 is 3.00 bits per heavy atom. The average Bonchev–Trinajstić information content (AvgIpc) is 2.47. The minimum atomic E-state index is -3.55. The predicted molar refractivity (Wildman–Crippen MR) is 69.9 cm³/mol. The summed E-state index contributed by atoms with van der Waals surface area (Å²) >= 11 is 0. The Morgan fingerprint density at radius 2 is 2.32 bits per heavy atom. The van der Waals surface area contributed by atoms with Crippen LogP contribution in [0.2, 0.25) is 0 Å². The van der Waals surface area contributed by atoms with Crippen LogP contribution in [0.1, 0.15) is 18.9 Å². The molecule has 0 aromatic heterocycles. The van der Waals surface area contributed by atoms with E-state index in [1.54, 1.807) is 12.1 Å². The molecule has 1 fully saturated rings. The molecule has 5 nitrogen and oxygen atoms in total. The Balaban J connectivity index is 2.38. The second kappa shape index (κ2) is 5.70. The number of hydrogen-bond acceptors (Lipinski definition) is 4. The van der Waals surface area contributed by atoms with Gasteiger partial charge < -0.3 is 4.74 Å². The van der Waals surface area contributed by atoms with Gasteiger partial charge in [0.15, 0.2) is 0 Å². The van der Waals surface area contributed by atoms with Crippen molar-refractivity contribution < 1.29 is 13.2 Å². The fraction of sp³-hybridized carbons (Fsp3) is 0.462. The molecular weight excluding hydrogens is 264 g/mol. The minimum absolute atomic E-state index is 0.135. The van der Waals surface area contributed by atoms with Crippen molar-refractivity contribution in [1.29, 1.82) is 5.26 Å². The van der Waals surface area contributed by atoms with E-state index in [1.165, 1.54) is 16.4 Å². The quantitative estimate of drug-likeness (QED) is 0.838. The topological polar surface area (TPSA) is 70.4 Å². The summed E-state index contributed by atoms with van der Waals surface area (Å²) in [6.07, 6.45) is 0.706. The molecule has 1 aliphatic heterocycles. The van der Waals surface area contributed by atoms with Gasteiger partial charge in [0.05, 0.1) is 29.7 Å². The molecule has 2 rings (SSSR count). The van der Waals surface area contributed by atoms with Crippen LogP contribution in [0.15, 0.2) is 29.2 Å². The zero-order valence-electron chi connectivity index (χ0n) is 10.7. The summed E-state index contributed by atoms with van der Waals surface area (Å²) in [5, 5.41) is 8.86. The van der Waals surface area contributed by atoms with Crippen LogP contribution in [0.4, 0.5) is 0 Å². The molecule has 102 valence electrons. The second-order valence-corrected chi connectivity index (χ2v) is 6.28. The lowest BCUT2D eigenvalue weighted by atomic mass is 10.2. The van der Waals surface area contributed by atoms with E-state index in [-0.39, 0.29) is 10.9 Å². The van der Waals surface area contributed by atoms with E-state index >= 15 is 0 Å². The van der Waals surface area contributed by atoms with Crippen molar-refractivity contribution in [3.63, 3.8) is 0 Å². The molecule has 0 radical (unpaired) electrons. The summed E-state index contributed by atoms with van der Waals surface area (Å²) in [5.41, 5.74) is 0.349. The third-order valence-corrected chi connectivity index (χ3v) is 5.16. The first kappa shape index (κ1) is 14.0. The molecule has 0 saturated carbocycles. The molecule has 0 N–H and O–H groups in total. The summed E-state index contributed by atoms with van der Waals surface area (Å²) in [4.78, 5) is 0.173. The zero-order chi connectivity index (χ0) is 13.9. The lowest BCUT2D eigenvalue weighted by Gasteiger charge is -2.33. The Morgan fingerprint density at radius 1 is 1.53 bits per heavy atom. The molecule has 1 atom stereocenters. The highest BCUT2D eigenvalue weighted by Crippen LogP contribution is 2.22. The summed E-state index contributed by atoms with van der Waals surface area (Å²) in [6, 6.07) is 7.95. The van der Waals surface area contributed by atoms with Gasteiger partial charge in [0.25, 0.3) is 0 Å². The molecule has 1 aromatic rings. The van der Waals surface area contributed by atoms with Gasteiger partial charge in [-0.2, -0.15) is 9.57 Å². The maximum atomic E-state index is 12.6. The van der Waals surface area contributed by atoms with Crippen LogP contribution in [-0.4, -0.2) is 38.5 Å². The van der Waals surface area contributed by atoms with Gasteiger partial charge in [-0.1, -0.05) is 13.0 Å². The fourth-order valence-electron chi connectivity index (χ4n) is 2.14. The molecular formula is C13H16N2O3S. The van der Waals surface area contributed by atoms with Gasteiger partial charge in [0.1, 0.15) is 0 Å². The Bertz CT molecular complexity index is 592. The van der Waals surface area contributed by atoms with Crippen molar-refractivity contribution >= 4 is 10.0 Å². The summed E-state index contributed by atoms with van der Waals surface area (Å²) < 4.78 is 32.0. The smallest absolute Gasteiger partial charge is 0.243 e. The van der Waals surface area contributed by atoms with Gasteiger partial charge >= 0.3 is 0 Å². The van der Waals surface area contributed by atoms with Crippen LogP contribution in [0.5, 0.6) is 0 Å². The highest BCUT2D eigenvalue weighted by Gasteiger charge is 2.33. The first-order valence-corrected chi connectivity index (χ1v) is 7.63. The fourth-order valence-corrected chi connectivity index (χ4v) is 3.85. The van der Waals surface area contributed by atoms with E-state index in [0.29, 0.717) is 31.7 Å². The largest absolute Gasteiger partial charge is 0.378 e. The normalized spacial score (nSPS) is 20.9. The number of nitriles is 1. The maximum absolute atomic E-state index is 12.6. The van der Waals surface area contributed by atoms with Crippen molar-refractivity contribution in [2.75, 3.05) is 19.8 Å². The van der Waals surface area contributed by atoms with Gasteiger partial charge in [0.2, 0.25) is 10.0 Å². The van der Waals surface area contributed by atoms with E-state index in [1.807, 2.05) is 13.0 Å².